The van der Waals surface area contributed by atoms with Gasteiger partial charge in [-0.2, -0.15) is 0 Å². The highest BCUT2D eigenvalue weighted by Crippen LogP contribution is 2.28. The number of nitrogens with zero attached hydrogens (tertiary/aromatic N) is 2. The second-order valence-corrected chi connectivity index (χ2v) is 6.05. The minimum Gasteiger partial charge on any atom is -0.481 e. The van der Waals surface area contributed by atoms with Gasteiger partial charge in [-0.3, -0.25) is 4.79 Å². The summed E-state index contributed by atoms with van der Waals surface area (Å²) in [6.45, 7) is 6.04. The number of carboxylic acid groups (broad SMARTS) is 1. The summed E-state index contributed by atoms with van der Waals surface area (Å²) in [6.07, 6.45) is 3.03. The number of aromatic nitrogens is 2. The van der Waals surface area contributed by atoms with Gasteiger partial charge in [-0.05, 0) is 18.8 Å². The van der Waals surface area contributed by atoms with Gasteiger partial charge in [-0.15, -0.1) is 0 Å². The zero-order valence-corrected chi connectivity index (χ0v) is 13.6. The zero-order chi connectivity index (χ0) is 16.0. The summed E-state index contributed by atoms with van der Waals surface area (Å²) in [4.78, 5) is 27.1. The molecule has 0 radical (unpaired) electrons. The molecule has 1 atom stereocenters. The van der Waals surface area contributed by atoms with Gasteiger partial charge in [0.25, 0.3) is 0 Å². The first-order valence-corrected chi connectivity index (χ1v) is 7.87. The van der Waals surface area contributed by atoms with E-state index in [1.54, 1.807) is 6.20 Å². The Kier molecular flexibility index (Phi) is 6.74. The lowest BCUT2D eigenvalue weighted by molar-refractivity contribution is -0.145. The third-order valence-electron chi connectivity index (χ3n) is 3.01. The lowest BCUT2D eigenvalue weighted by Gasteiger charge is -2.22. The van der Waals surface area contributed by atoms with Crippen molar-refractivity contribution in [2.75, 3.05) is 12.9 Å². The van der Waals surface area contributed by atoms with Crippen LogP contribution in [0.3, 0.4) is 0 Å². The average Bonchev–Trinajstić information content (AvgIpc) is 2.84. The standard InChI is InChI=1S/C14H22N2O4S/c1-5-10-7-15-14(21-8-12(17)18)16(10)11(6-9(2)3)13(19)20-4/h7,9,11H,5-6,8H2,1-4H3,(H,17,18). The fourth-order valence-corrected chi connectivity index (χ4v) is 2.86. The Morgan fingerprint density at radius 3 is 2.62 bits per heavy atom. The smallest absolute Gasteiger partial charge is 0.328 e. The first-order chi connectivity index (χ1) is 9.90. The summed E-state index contributed by atoms with van der Waals surface area (Å²) in [5.41, 5.74) is 0.902. The van der Waals surface area contributed by atoms with E-state index in [0.29, 0.717) is 23.9 Å². The molecule has 7 heteroatoms. The summed E-state index contributed by atoms with van der Waals surface area (Å²) in [7, 11) is 1.36. The van der Waals surface area contributed by atoms with Crippen molar-refractivity contribution in [3.05, 3.63) is 11.9 Å². The largest absolute Gasteiger partial charge is 0.481 e. The molecular weight excluding hydrogens is 292 g/mol. The van der Waals surface area contributed by atoms with Gasteiger partial charge in [0.15, 0.2) is 5.16 Å². The summed E-state index contributed by atoms with van der Waals surface area (Å²) >= 11 is 1.12. The molecule has 0 saturated carbocycles. The maximum Gasteiger partial charge on any atom is 0.328 e. The van der Waals surface area contributed by atoms with Crippen molar-refractivity contribution in [3.63, 3.8) is 0 Å². The topological polar surface area (TPSA) is 81.4 Å². The lowest BCUT2D eigenvalue weighted by atomic mass is 10.0. The Morgan fingerprint density at radius 2 is 2.14 bits per heavy atom. The van der Waals surface area contributed by atoms with Crippen LogP contribution in [0, 0.1) is 5.92 Å². The zero-order valence-electron chi connectivity index (χ0n) is 12.8. The summed E-state index contributed by atoms with van der Waals surface area (Å²) in [5.74, 6) is -1.02. The number of hydrogen-bond donors (Lipinski definition) is 1. The second kappa shape index (κ2) is 8.07. The van der Waals surface area contributed by atoms with Crippen LogP contribution in [-0.4, -0.2) is 39.5 Å². The van der Waals surface area contributed by atoms with Crippen LogP contribution in [0.2, 0.25) is 0 Å². The molecule has 118 valence electrons. The number of aliphatic carboxylic acids is 1. The van der Waals surface area contributed by atoms with Crippen molar-refractivity contribution in [2.45, 2.75) is 44.8 Å². The van der Waals surface area contributed by atoms with Crippen LogP contribution in [0.1, 0.15) is 38.9 Å². The van der Waals surface area contributed by atoms with Crippen molar-refractivity contribution in [1.82, 2.24) is 9.55 Å². The Labute approximate surface area is 128 Å². The molecular formula is C14H22N2O4S. The monoisotopic (exact) mass is 314 g/mol. The maximum atomic E-state index is 12.1. The molecule has 0 aromatic carbocycles. The van der Waals surface area contributed by atoms with E-state index in [4.69, 9.17) is 9.84 Å². The van der Waals surface area contributed by atoms with E-state index in [2.05, 4.69) is 4.98 Å². The van der Waals surface area contributed by atoms with Gasteiger partial charge in [0.1, 0.15) is 6.04 Å². The van der Waals surface area contributed by atoms with Gasteiger partial charge in [0.05, 0.1) is 12.9 Å². The van der Waals surface area contributed by atoms with Crippen LogP contribution < -0.4 is 0 Å². The molecule has 1 rings (SSSR count). The lowest BCUT2D eigenvalue weighted by Crippen LogP contribution is -2.25. The summed E-state index contributed by atoms with van der Waals surface area (Å²) in [6, 6.07) is -0.469. The Morgan fingerprint density at radius 1 is 1.48 bits per heavy atom. The number of carbonyl (C=O) groups is 2. The highest BCUT2D eigenvalue weighted by atomic mass is 32.2. The van der Waals surface area contributed by atoms with Crippen LogP contribution in [0.25, 0.3) is 0 Å². The molecule has 1 unspecified atom stereocenters. The molecule has 0 spiro atoms. The summed E-state index contributed by atoms with van der Waals surface area (Å²) in [5, 5.41) is 9.37. The average molecular weight is 314 g/mol. The van der Waals surface area contributed by atoms with Gasteiger partial charge in [-0.1, -0.05) is 32.5 Å². The fraction of sp³-hybridized carbons (Fsp3) is 0.643. The minimum atomic E-state index is -0.911. The van der Waals surface area contributed by atoms with Crippen molar-refractivity contribution in [1.29, 1.82) is 0 Å². The maximum absolute atomic E-state index is 12.1. The van der Waals surface area contributed by atoms with Gasteiger partial charge < -0.3 is 14.4 Å². The van der Waals surface area contributed by atoms with E-state index < -0.39 is 12.0 Å². The molecule has 0 saturated heterocycles. The van der Waals surface area contributed by atoms with Crippen LogP contribution >= 0.6 is 11.8 Å². The minimum absolute atomic E-state index is 0.0876. The predicted octanol–water partition coefficient (Wildman–Crippen LogP) is 2.38. The highest BCUT2D eigenvalue weighted by molar-refractivity contribution is 7.99. The SMILES string of the molecule is CCc1cnc(SCC(=O)O)n1C(CC(C)C)C(=O)OC. The molecule has 1 aromatic rings. The Hall–Kier alpha value is -1.50. The van der Waals surface area contributed by atoms with Crippen LogP contribution in [0.4, 0.5) is 0 Å². The molecule has 1 N–H and O–H groups in total. The second-order valence-electron chi connectivity index (χ2n) is 5.11. The van der Waals surface area contributed by atoms with E-state index in [1.165, 1.54) is 7.11 Å². The number of ether oxygens (including phenoxy) is 1. The number of rotatable bonds is 8. The number of thioether (sulfide) groups is 1. The molecule has 0 fully saturated rings. The van der Waals surface area contributed by atoms with Crippen molar-refractivity contribution in [3.8, 4) is 0 Å². The normalized spacial score (nSPS) is 12.4. The predicted molar refractivity (Wildman–Crippen MR) is 80.5 cm³/mol. The molecule has 0 aliphatic heterocycles. The molecule has 6 nitrogen and oxygen atoms in total. The quantitative estimate of drug-likeness (QED) is 0.586. The van der Waals surface area contributed by atoms with E-state index in [-0.39, 0.29) is 11.7 Å². The number of carbonyl (C=O) groups excluding carboxylic acids is 1. The van der Waals surface area contributed by atoms with Crippen molar-refractivity contribution < 1.29 is 19.4 Å². The molecule has 0 aliphatic rings. The number of methoxy groups -OCH3 is 1. The molecule has 1 aromatic heterocycles. The first-order valence-electron chi connectivity index (χ1n) is 6.89. The molecule has 0 bridgehead atoms. The Bertz CT molecular complexity index is 499. The molecule has 0 amide bonds. The van der Waals surface area contributed by atoms with Gasteiger partial charge in [0.2, 0.25) is 0 Å². The van der Waals surface area contributed by atoms with Crippen molar-refractivity contribution in [2.24, 2.45) is 5.92 Å². The molecule has 0 aliphatic carbocycles. The Balaban J connectivity index is 3.16. The highest BCUT2D eigenvalue weighted by Gasteiger charge is 2.27. The van der Waals surface area contributed by atoms with Crippen LogP contribution in [0.15, 0.2) is 11.4 Å². The number of hydrogen-bond acceptors (Lipinski definition) is 5. The van der Waals surface area contributed by atoms with E-state index in [1.807, 2.05) is 25.3 Å². The summed E-state index contributed by atoms with van der Waals surface area (Å²) < 4.78 is 6.72. The van der Waals surface area contributed by atoms with Crippen LogP contribution in [-0.2, 0) is 20.7 Å². The number of aryl methyl sites for hydroxylation is 1. The first kappa shape index (κ1) is 17.6. The fourth-order valence-electron chi connectivity index (χ4n) is 2.09. The van der Waals surface area contributed by atoms with Gasteiger partial charge >= 0.3 is 11.9 Å². The van der Waals surface area contributed by atoms with Gasteiger partial charge in [0, 0.05) is 11.9 Å². The van der Waals surface area contributed by atoms with E-state index in [0.717, 1.165) is 17.5 Å². The van der Waals surface area contributed by atoms with E-state index >= 15 is 0 Å². The van der Waals surface area contributed by atoms with Crippen LogP contribution in [0.5, 0.6) is 0 Å². The third kappa shape index (κ3) is 4.77. The van der Waals surface area contributed by atoms with E-state index in [9.17, 15) is 9.59 Å². The number of carboxylic acids is 1. The van der Waals surface area contributed by atoms with Gasteiger partial charge in [-0.25, -0.2) is 9.78 Å². The van der Waals surface area contributed by atoms with Crippen molar-refractivity contribution >= 4 is 23.7 Å². The number of esters is 1. The molecule has 21 heavy (non-hydrogen) atoms. The molecule has 1 heterocycles. The number of imidazole rings is 1. The third-order valence-corrected chi connectivity index (χ3v) is 3.96.